The summed E-state index contributed by atoms with van der Waals surface area (Å²) in [6, 6.07) is 0. The van der Waals surface area contributed by atoms with Crippen LogP contribution < -0.4 is 5.50 Å². The molecule has 40 valence electrons. The number of nitrogens with two attached hydrogens (primary N) is 1. The van der Waals surface area contributed by atoms with E-state index in [4.69, 9.17) is 9.81 Å². The van der Waals surface area contributed by atoms with E-state index in [0.29, 0.717) is 0 Å². The second kappa shape index (κ2) is 1.90. The first kappa shape index (κ1) is 6.39. The quantitative estimate of drug-likeness (QED) is 0.428. The van der Waals surface area contributed by atoms with Crippen molar-refractivity contribution < 1.29 is 4.57 Å². The zero-order valence-electron chi connectivity index (χ0n) is 3.14. The summed E-state index contributed by atoms with van der Waals surface area (Å²) in [5.41, 5.74) is 4.31. The third-order valence-corrected chi connectivity index (χ3v) is 0.702. The first-order chi connectivity index (χ1) is 3.12. The Kier molecular flexibility index (Phi) is 1.74. The number of nitrogens with zero attached hydrogens (tertiary/aromatic N) is 2. The van der Waals surface area contributed by atoms with Gasteiger partial charge in [-0.05, 0) is 0 Å². The van der Waals surface area contributed by atoms with Gasteiger partial charge >= 0.3 is 7.59 Å². The van der Waals surface area contributed by atoms with Crippen LogP contribution in [0.4, 0.5) is 0 Å². The lowest BCUT2D eigenvalue weighted by Gasteiger charge is -1.81. The molecule has 6 nitrogen and oxygen atoms in total. The van der Waals surface area contributed by atoms with Crippen LogP contribution in [0.3, 0.4) is 0 Å². The summed E-state index contributed by atoms with van der Waals surface area (Å²) < 4.78 is 9.77. The van der Waals surface area contributed by atoms with Gasteiger partial charge in [0, 0.05) is 9.89 Å². The van der Waals surface area contributed by atoms with Crippen molar-refractivity contribution in [3.63, 3.8) is 0 Å². The van der Waals surface area contributed by atoms with Crippen LogP contribution in [0.2, 0.25) is 0 Å². The highest BCUT2D eigenvalue weighted by Gasteiger charge is 2.14. The Balaban J connectivity index is 4.13. The number of rotatable bonds is 2. The Morgan fingerprint density at radius 2 is 1.57 bits per heavy atom. The monoisotopic (exact) mass is 123 g/mol. The third kappa shape index (κ3) is 2.13. The summed E-state index contributed by atoms with van der Waals surface area (Å²) in [6.45, 7) is 0. The molecule has 0 aromatic carbocycles. The van der Waals surface area contributed by atoms with Crippen molar-refractivity contribution in [3.05, 3.63) is 9.81 Å². The SMILES string of the molecule is NP(=O)(N=O)N=O. The second-order valence-electron chi connectivity index (χ2n) is 0.752. The van der Waals surface area contributed by atoms with E-state index in [9.17, 15) is 4.57 Å². The molecule has 0 unspecified atom stereocenters. The standard InChI is InChI=1S/H2N3O3P/c1-7(6,2-4)3-5/h(H2,1,6). The normalized spacial score (nSPS) is 10.4. The maximum Gasteiger partial charge on any atom is 0.439 e. The lowest BCUT2D eigenvalue weighted by atomic mass is 13.7. The van der Waals surface area contributed by atoms with Gasteiger partial charge in [-0.1, -0.05) is 0 Å². The Labute approximate surface area is 38.6 Å². The summed E-state index contributed by atoms with van der Waals surface area (Å²) >= 11 is 0. The van der Waals surface area contributed by atoms with Crippen LogP contribution in [0.25, 0.3) is 0 Å². The highest BCUT2D eigenvalue weighted by atomic mass is 31.2. The molecule has 0 saturated carbocycles. The van der Waals surface area contributed by atoms with Crippen LogP contribution in [-0.2, 0) is 4.57 Å². The zero-order valence-corrected chi connectivity index (χ0v) is 4.04. The van der Waals surface area contributed by atoms with Crippen molar-refractivity contribution in [2.45, 2.75) is 0 Å². The maximum absolute atomic E-state index is 9.77. The minimum absolute atomic E-state index is 1.74. The minimum atomic E-state index is -4.02. The van der Waals surface area contributed by atoms with Crippen molar-refractivity contribution in [2.24, 2.45) is 15.4 Å². The van der Waals surface area contributed by atoms with Crippen molar-refractivity contribution in [2.75, 3.05) is 0 Å². The van der Waals surface area contributed by atoms with Crippen LogP contribution in [0.15, 0.2) is 9.89 Å². The van der Waals surface area contributed by atoms with Crippen LogP contribution in [-0.4, -0.2) is 0 Å². The molecule has 0 rings (SSSR count). The maximum atomic E-state index is 9.77. The van der Waals surface area contributed by atoms with E-state index in [2.05, 4.69) is 5.50 Å². The van der Waals surface area contributed by atoms with Gasteiger partial charge in [-0.15, -0.1) is 9.81 Å². The molecule has 0 heterocycles. The molecule has 0 aromatic rings. The molecule has 0 fully saturated rings. The largest absolute Gasteiger partial charge is 0.439 e. The molecule has 0 radical (unpaired) electrons. The molecule has 7 heteroatoms. The molecule has 0 spiro atoms. The van der Waals surface area contributed by atoms with Crippen molar-refractivity contribution in [3.8, 4) is 0 Å². The van der Waals surface area contributed by atoms with E-state index in [1.165, 1.54) is 0 Å². The Morgan fingerprint density at radius 1 is 1.29 bits per heavy atom. The van der Waals surface area contributed by atoms with Gasteiger partial charge in [0.25, 0.3) is 0 Å². The average molecular weight is 123 g/mol. The summed E-state index contributed by atoms with van der Waals surface area (Å²) in [5, 5.41) is 0. The molecule has 0 aliphatic rings. The van der Waals surface area contributed by atoms with Gasteiger partial charge in [-0.25, -0.2) is 10.1 Å². The lowest BCUT2D eigenvalue weighted by Crippen LogP contribution is -1.82. The fraction of sp³-hybridized carbons (Fsp3) is 0. The molecule has 0 aliphatic heterocycles. The summed E-state index contributed by atoms with van der Waals surface area (Å²) in [5.74, 6) is 0. The van der Waals surface area contributed by atoms with Crippen LogP contribution in [0, 0.1) is 9.81 Å². The van der Waals surface area contributed by atoms with Crippen molar-refractivity contribution >= 4 is 7.59 Å². The molecule has 0 amide bonds. The van der Waals surface area contributed by atoms with Crippen LogP contribution in [0.1, 0.15) is 0 Å². The van der Waals surface area contributed by atoms with Gasteiger partial charge in [0.1, 0.15) is 0 Å². The third-order valence-electron chi connectivity index (χ3n) is 0.234. The number of hydrogen-bond donors (Lipinski definition) is 1. The fourth-order valence-corrected chi connectivity index (χ4v) is 0.0447. The first-order valence-corrected chi connectivity index (χ1v) is 2.89. The predicted octanol–water partition coefficient (Wildman–Crippen LogP) is 0.586. The molecular weight excluding hydrogens is 121 g/mol. The van der Waals surface area contributed by atoms with Crippen molar-refractivity contribution in [1.29, 1.82) is 0 Å². The number of hydrogen-bond acceptors (Lipinski definition) is 3. The second-order valence-corrected chi connectivity index (χ2v) is 2.26. The van der Waals surface area contributed by atoms with E-state index in [-0.39, 0.29) is 0 Å². The summed E-state index contributed by atoms with van der Waals surface area (Å²) in [6.07, 6.45) is 0. The zero-order chi connectivity index (χ0) is 5.91. The van der Waals surface area contributed by atoms with Gasteiger partial charge in [0.2, 0.25) is 0 Å². The summed E-state index contributed by atoms with van der Waals surface area (Å²) in [4.78, 5) is 21.7. The average Bonchev–Trinajstić information content (AvgIpc) is 1.68. The van der Waals surface area contributed by atoms with Gasteiger partial charge in [-0.3, -0.25) is 0 Å². The Morgan fingerprint density at radius 3 is 1.57 bits per heavy atom. The summed E-state index contributed by atoms with van der Waals surface area (Å²) in [7, 11) is -4.02. The fourth-order valence-electron chi connectivity index (χ4n) is 0.0149. The molecule has 2 N–H and O–H groups in total. The highest BCUT2D eigenvalue weighted by molar-refractivity contribution is 7.58. The predicted molar refractivity (Wildman–Crippen MR) is 23.4 cm³/mol. The minimum Gasteiger partial charge on any atom is -0.247 e. The molecule has 0 bridgehead atoms. The highest BCUT2D eigenvalue weighted by Crippen LogP contribution is 2.37. The van der Waals surface area contributed by atoms with Gasteiger partial charge in [0.15, 0.2) is 0 Å². The van der Waals surface area contributed by atoms with E-state index in [1.807, 2.05) is 0 Å². The molecule has 0 saturated heterocycles. The molecule has 7 heavy (non-hydrogen) atoms. The first-order valence-electron chi connectivity index (χ1n) is 1.21. The van der Waals surface area contributed by atoms with Crippen LogP contribution >= 0.6 is 7.59 Å². The number of nitroso groups, excluding NO2 is 2. The molecule has 0 aliphatic carbocycles. The van der Waals surface area contributed by atoms with E-state index < -0.39 is 7.59 Å². The molecular formula is H2N3O3P. The van der Waals surface area contributed by atoms with Gasteiger partial charge in [0.05, 0.1) is 0 Å². The Hall–Kier alpha value is -0.610. The molecule has 0 atom stereocenters. The van der Waals surface area contributed by atoms with Gasteiger partial charge in [-0.2, -0.15) is 0 Å². The smallest absolute Gasteiger partial charge is 0.247 e. The van der Waals surface area contributed by atoms with Gasteiger partial charge < -0.3 is 0 Å². The topological polar surface area (TPSA) is 102 Å². The van der Waals surface area contributed by atoms with Crippen LogP contribution in [0.5, 0.6) is 0 Å². The Bertz CT molecular complexity index is 116. The molecule has 0 aromatic heterocycles. The lowest BCUT2D eigenvalue weighted by molar-refractivity contribution is 0.577. The van der Waals surface area contributed by atoms with Crippen molar-refractivity contribution in [1.82, 2.24) is 0 Å². The van der Waals surface area contributed by atoms with E-state index >= 15 is 0 Å². The van der Waals surface area contributed by atoms with E-state index in [1.54, 1.807) is 9.89 Å². The van der Waals surface area contributed by atoms with E-state index in [0.717, 1.165) is 0 Å².